The van der Waals surface area contributed by atoms with Crippen LogP contribution in [0.25, 0.3) is 0 Å². The number of carboxylic acid groups (broad SMARTS) is 1. The van der Waals surface area contributed by atoms with Crippen LogP contribution in [0.1, 0.15) is 46.0 Å². The van der Waals surface area contributed by atoms with Crippen molar-refractivity contribution < 1.29 is 9.90 Å². The molecule has 15 heavy (non-hydrogen) atoms. The number of rotatable bonds is 4. The lowest BCUT2D eigenvalue weighted by Gasteiger charge is -2.29. The molecule has 0 aromatic rings. The van der Waals surface area contributed by atoms with E-state index in [9.17, 15) is 4.79 Å². The lowest BCUT2D eigenvalue weighted by Crippen LogP contribution is -2.39. The fourth-order valence-corrected chi connectivity index (χ4v) is 2.43. The van der Waals surface area contributed by atoms with Crippen LogP contribution < -0.4 is 0 Å². The average molecular weight is 213 g/mol. The smallest absolute Gasteiger partial charge is 0.317 e. The summed E-state index contributed by atoms with van der Waals surface area (Å²) in [5.74, 6) is -0.0324. The van der Waals surface area contributed by atoms with Crippen LogP contribution in [0.15, 0.2) is 0 Å². The molecule has 1 fully saturated rings. The quantitative estimate of drug-likeness (QED) is 0.779. The highest BCUT2D eigenvalue weighted by Crippen LogP contribution is 2.21. The molecule has 0 bridgehead atoms. The first-order valence-electron chi connectivity index (χ1n) is 6.05. The van der Waals surface area contributed by atoms with E-state index in [1.807, 2.05) is 0 Å². The Labute approximate surface area is 92.5 Å². The number of likely N-dealkylation sites (tertiary alicyclic amines) is 1. The van der Waals surface area contributed by atoms with Crippen LogP contribution >= 0.6 is 0 Å². The van der Waals surface area contributed by atoms with Crippen molar-refractivity contribution >= 4 is 5.97 Å². The molecule has 3 nitrogen and oxygen atoms in total. The number of aliphatic carboxylic acids is 1. The molecule has 0 aromatic heterocycles. The maximum atomic E-state index is 10.8. The van der Waals surface area contributed by atoms with Gasteiger partial charge in [0.25, 0.3) is 0 Å². The standard InChI is InChI=1S/C12H23NO2/c1-10(2)8-11-6-4-3-5-7-13(11)9-12(14)15/h10-11H,3-9H2,1-2H3,(H,14,15). The third-order valence-corrected chi connectivity index (χ3v) is 3.08. The van der Waals surface area contributed by atoms with Crippen LogP contribution in [0.4, 0.5) is 0 Å². The molecule has 1 aliphatic rings. The maximum absolute atomic E-state index is 10.8. The summed E-state index contributed by atoms with van der Waals surface area (Å²) in [5, 5.41) is 8.87. The Balaban J connectivity index is 2.54. The molecule has 1 saturated heterocycles. The van der Waals surface area contributed by atoms with Crippen molar-refractivity contribution in [1.29, 1.82) is 0 Å². The third-order valence-electron chi connectivity index (χ3n) is 3.08. The molecular formula is C12H23NO2. The van der Waals surface area contributed by atoms with E-state index in [1.54, 1.807) is 0 Å². The van der Waals surface area contributed by atoms with Gasteiger partial charge in [-0.15, -0.1) is 0 Å². The van der Waals surface area contributed by atoms with Gasteiger partial charge in [0.15, 0.2) is 0 Å². The topological polar surface area (TPSA) is 40.5 Å². The summed E-state index contributed by atoms with van der Waals surface area (Å²) in [5.41, 5.74) is 0. The minimum Gasteiger partial charge on any atom is -0.480 e. The lowest BCUT2D eigenvalue weighted by atomic mass is 9.99. The van der Waals surface area contributed by atoms with Gasteiger partial charge < -0.3 is 5.11 Å². The van der Waals surface area contributed by atoms with Crippen molar-refractivity contribution in [3.8, 4) is 0 Å². The van der Waals surface area contributed by atoms with E-state index >= 15 is 0 Å². The molecule has 0 saturated carbocycles. The highest BCUT2D eigenvalue weighted by atomic mass is 16.4. The fourth-order valence-electron chi connectivity index (χ4n) is 2.43. The van der Waals surface area contributed by atoms with Crippen LogP contribution in [-0.4, -0.2) is 35.1 Å². The first-order valence-corrected chi connectivity index (χ1v) is 6.05. The Hall–Kier alpha value is -0.570. The summed E-state index contributed by atoms with van der Waals surface area (Å²) < 4.78 is 0. The molecule has 0 radical (unpaired) electrons. The number of hydrogen-bond acceptors (Lipinski definition) is 2. The second-order valence-electron chi connectivity index (χ2n) is 5.00. The van der Waals surface area contributed by atoms with E-state index in [4.69, 9.17) is 5.11 Å². The van der Waals surface area contributed by atoms with Crippen molar-refractivity contribution in [2.45, 2.75) is 52.0 Å². The average Bonchev–Trinajstić information content (AvgIpc) is 2.30. The highest BCUT2D eigenvalue weighted by Gasteiger charge is 2.23. The SMILES string of the molecule is CC(C)CC1CCCCCN1CC(=O)O. The van der Waals surface area contributed by atoms with Gasteiger partial charge in [-0.1, -0.05) is 26.7 Å². The molecule has 0 aromatic carbocycles. The van der Waals surface area contributed by atoms with Crippen LogP contribution in [0, 0.1) is 5.92 Å². The van der Waals surface area contributed by atoms with E-state index in [0.29, 0.717) is 12.0 Å². The Bertz CT molecular complexity index is 204. The number of hydrogen-bond donors (Lipinski definition) is 1. The van der Waals surface area contributed by atoms with Crippen LogP contribution in [0.2, 0.25) is 0 Å². The summed E-state index contributed by atoms with van der Waals surface area (Å²) in [7, 11) is 0. The van der Waals surface area contributed by atoms with Gasteiger partial charge >= 0.3 is 5.97 Å². The van der Waals surface area contributed by atoms with E-state index < -0.39 is 5.97 Å². The molecule has 0 aliphatic carbocycles. The van der Waals surface area contributed by atoms with E-state index in [2.05, 4.69) is 18.7 Å². The van der Waals surface area contributed by atoms with Crippen molar-refractivity contribution in [1.82, 2.24) is 4.90 Å². The molecule has 1 rings (SSSR count). The molecule has 0 amide bonds. The summed E-state index contributed by atoms with van der Waals surface area (Å²) in [6, 6.07) is 0.489. The van der Waals surface area contributed by atoms with Crippen molar-refractivity contribution in [3.63, 3.8) is 0 Å². The van der Waals surface area contributed by atoms with E-state index in [1.165, 1.54) is 19.3 Å². The van der Waals surface area contributed by atoms with Gasteiger partial charge in [0.05, 0.1) is 6.54 Å². The lowest BCUT2D eigenvalue weighted by molar-refractivity contribution is -0.139. The fraction of sp³-hybridized carbons (Fsp3) is 0.917. The van der Waals surface area contributed by atoms with Crippen molar-refractivity contribution in [2.24, 2.45) is 5.92 Å². The third kappa shape index (κ3) is 4.65. The minimum absolute atomic E-state index is 0.220. The number of carbonyl (C=O) groups is 1. The normalized spacial score (nSPS) is 24.1. The summed E-state index contributed by atoms with van der Waals surface area (Å²) in [6.45, 7) is 5.61. The van der Waals surface area contributed by atoms with Gasteiger partial charge in [-0.2, -0.15) is 0 Å². The largest absolute Gasteiger partial charge is 0.480 e. The number of nitrogens with zero attached hydrogens (tertiary/aromatic N) is 1. The molecule has 1 N–H and O–H groups in total. The Morgan fingerprint density at radius 3 is 2.73 bits per heavy atom. The molecule has 1 unspecified atom stereocenters. The predicted molar refractivity (Wildman–Crippen MR) is 60.9 cm³/mol. The van der Waals surface area contributed by atoms with Crippen LogP contribution in [-0.2, 0) is 4.79 Å². The zero-order chi connectivity index (χ0) is 11.3. The maximum Gasteiger partial charge on any atom is 0.317 e. The predicted octanol–water partition coefficient (Wildman–Crippen LogP) is 2.36. The minimum atomic E-state index is -0.689. The summed E-state index contributed by atoms with van der Waals surface area (Å²) in [6.07, 6.45) is 5.97. The second kappa shape index (κ2) is 6.11. The van der Waals surface area contributed by atoms with Crippen molar-refractivity contribution in [2.75, 3.05) is 13.1 Å². The summed E-state index contributed by atoms with van der Waals surface area (Å²) >= 11 is 0. The van der Waals surface area contributed by atoms with Gasteiger partial charge in [0, 0.05) is 6.04 Å². The molecule has 0 spiro atoms. The van der Waals surface area contributed by atoms with Gasteiger partial charge in [-0.3, -0.25) is 9.69 Å². The van der Waals surface area contributed by atoms with Crippen molar-refractivity contribution in [3.05, 3.63) is 0 Å². The molecule has 1 atom stereocenters. The van der Waals surface area contributed by atoms with Gasteiger partial charge in [0.1, 0.15) is 0 Å². The molecule has 88 valence electrons. The first kappa shape index (κ1) is 12.5. The second-order valence-corrected chi connectivity index (χ2v) is 5.00. The Morgan fingerprint density at radius 2 is 2.13 bits per heavy atom. The van der Waals surface area contributed by atoms with E-state index in [0.717, 1.165) is 19.4 Å². The van der Waals surface area contributed by atoms with Gasteiger partial charge in [0.2, 0.25) is 0 Å². The van der Waals surface area contributed by atoms with Gasteiger partial charge in [-0.25, -0.2) is 0 Å². The zero-order valence-electron chi connectivity index (χ0n) is 9.91. The molecule has 1 heterocycles. The zero-order valence-corrected chi connectivity index (χ0v) is 9.91. The van der Waals surface area contributed by atoms with Crippen LogP contribution in [0.3, 0.4) is 0 Å². The Kier molecular flexibility index (Phi) is 5.09. The van der Waals surface area contributed by atoms with Gasteiger partial charge in [-0.05, 0) is 31.7 Å². The summed E-state index contributed by atoms with van der Waals surface area (Å²) in [4.78, 5) is 12.9. The Morgan fingerprint density at radius 1 is 1.40 bits per heavy atom. The first-order chi connectivity index (χ1) is 7.09. The molecular weight excluding hydrogens is 190 g/mol. The number of carboxylic acids is 1. The molecule has 3 heteroatoms. The molecule has 1 aliphatic heterocycles. The van der Waals surface area contributed by atoms with Crippen LogP contribution in [0.5, 0.6) is 0 Å². The monoisotopic (exact) mass is 213 g/mol. The van der Waals surface area contributed by atoms with E-state index in [-0.39, 0.29) is 6.54 Å². The highest BCUT2D eigenvalue weighted by molar-refractivity contribution is 5.69.